The number of rotatable bonds is 5. The van der Waals surface area contributed by atoms with Gasteiger partial charge in [0.05, 0.1) is 5.69 Å². The third-order valence-corrected chi connectivity index (χ3v) is 4.35. The summed E-state index contributed by atoms with van der Waals surface area (Å²) < 4.78 is 1.03. The van der Waals surface area contributed by atoms with Crippen LogP contribution in [0.5, 0.6) is 0 Å². The summed E-state index contributed by atoms with van der Waals surface area (Å²) >= 11 is 3.60. The van der Waals surface area contributed by atoms with E-state index in [1.165, 1.54) is 24.9 Å². The number of hydrogen-bond acceptors (Lipinski definition) is 2. The second-order valence-electron chi connectivity index (χ2n) is 5.27. The van der Waals surface area contributed by atoms with Crippen molar-refractivity contribution in [1.29, 1.82) is 0 Å². The molecule has 1 heterocycles. The standard InChI is InChI=1S/C16H20BrNO2/c1-2-3-13-8-9-18(11-13)15-6-4-12(10-14(15)17)5-7-16(19)20/h4-7,10,13H,2-3,8-9,11H2,1H3,(H,19,20)/b7-5+. The van der Waals surface area contributed by atoms with Crippen molar-refractivity contribution in [2.24, 2.45) is 5.92 Å². The highest BCUT2D eigenvalue weighted by molar-refractivity contribution is 9.10. The minimum Gasteiger partial charge on any atom is -0.478 e. The Labute approximate surface area is 128 Å². The zero-order chi connectivity index (χ0) is 14.5. The third-order valence-electron chi connectivity index (χ3n) is 3.71. The molecule has 1 aliphatic heterocycles. The first-order valence-electron chi connectivity index (χ1n) is 7.05. The van der Waals surface area contributed by atoms with Crippen molar-refractivity contribution in [3.8, 4) is 0 Å². The van der Waals surface area contributed by atoms with Crippen molar-refractivity contribution < 1.29 is 9.90 Å². The molecule has 0 aromatic heterocycles. The minimum absolute atomic E-state index is 0.804. The van der Waals surface area contributed by atoms with Crippen LogP contribution in [0.2, 0.25) is 0 Å². The first-order chi connectivity index (χ1) is 9.60. The van der Waals surface area contributed by atoms with Crippen LogP contribution >= 0.6 is 15.9 Å². The van der Waals surface area contributed by atoms with Gasteiger partial charge in [-0.25, -0.2) is 4.79 Å². The lowest BCUT2D eigenvalue weighted by Crippen LogP contribution is -2.20. The van der Waals surface area contributed by atoms with Gasteiger partial charge in [0.1, 0.15) is 0 Å². The number of aliphatic carboxylic acids is 1. The number of benzene rings is 1. The number of nitrogens with zero attached hydrogens (tertiary/aromatic N) is 1. The van der Waals surface area contributed by atoms with Gasteiger partial charge >= 0.3 is 5.97 Å². The summed E-state index contributed by atoms with van der Waals surface area (Å²) in [5.41, 5.74) is 2.10. The molecule has 108 valence electrons. The van der Waals surface area contributed by atoms with E-state index >= 15 is 0 Å². The van der Waals surface area contributed by atoms with E-state index < -0.39 is 5.97 Å². The van der Waals surface area contributed by atoms with Gasteiger partial charge in [-0.1, -0.05) is 19.4 Å². The van der Waals surface area contributed by atoms with E-state index in [2.05, 4.69) is 33.8 Å². The Kier molecular flexibility index (Phi) is 5.24. The van der Waals surface area contributed by atoms with Gasteiger partial charge in [-0.3, -0.25) is 0 Å². The normalized spacial score (nSPS) is 18.9. The first-order valence-corrected chi connectivity index (χ1v) is 7.85. The van der Waals surface area contributed by atoms with E-state index in [-0.39, 0.29) is 0 Å². The van der Waals surface area contributed by atoms with Crippen LogP contribution in [0.1, 0.15) is 31.7 Å². The van der Waals surface area contributed by atoms with E-state index in [0.717, 1.165) is 35.1 Å². The van der Waals surface area contributed by atoms with E-state index in [0.29, 0.717) is 0 Å². The molecule has 1 unspecified atom stereocenters. The summed E-state index contributed by atoms with van der Waals surface area (Å²) in [6, 6.07) is 6.01. The van der Waals surface area contributed by atoms with Gasteiger partial charge in [0.25, 0.3) is 0 Å². The lowest BCUT2D eigenvalue weighted by Gasteiger charge is -2.20. The summed E-state index contributed by atoms with van der Waals surface area (Å²) in [5.74, 6) is -0.120. The predicted octanol–water partition coefficient (Wildman–Crippen LogP) is 4.17. The average Bonchev–Trinajstić information content (AvgIpc) is 2.85. The summed E-state index contributed by atoms with van der Waals surface area (Å²) in [7, 11) is 0. The summed E-state index contributed by atoms with van der Waals surface area (Å²) in [6.07, 6.45) is 6.59. The molecule has 1 aromatic rings. The maximum absolute atomic E-state index is 10.5. The molecule has 0 saturated carbocycles. The minimum atomic E-state index is -0.924. The van der Waals surface area contributed by atoms with Crippen molar-refractivity contribution in [2.45, 2.75) is 26.2 Å². The van der Waals surface area contributed by atoms with E-state index in [1.807, 2.05) is 12.1 Å². The molecule has 1 fully saturated rings. The largest absolute Gasteiger partial charge is 0.478 e. The number of halogens is 1. The smallest absolute Gasteiger partial charge is 0.328 e. The van der Waals surface area contributed by atoms with Crippen molar-refractivity contribution in [1.82, 2.24) is 0 Å². The van der Waals surface area contributed by atoms with Gasteiger partial charge < -0.3 is 10.0 Å². The molecule has 1 saturated heterocycles. The Morgan fingerprint density at radius 1 is 1.55 bits per heavy atom. The summed E-state index contributed by atoms with van der Waals surface area (Å²) in [5, 5.41) is 8.64. The Morgan fingerprint density at radius 2 is 2.35 bits per heavy atom. The predicted molar refractivity (Wildman–Crippen MR) is 86.0 cm³/mol. The van der Waals surface area contributed by atoms with Gasteiger partial charge in [0, 0.05) is 23.6 Å². The van der Waals surface area contributed by atoms with Gasteiger partial charge in [0.2, 0.25) is 0 Å². The molecule has 3 nitrogen and oxygen atoms in total. The van der Waals surface area contributed by atoms with Crippen LogP contribution < -0.4 is 4.90 Å². The third kappa shape index (κ3) is 3.85. The monoisotopic (exact) mass is 337 g/mol. The molecule has 2 rings (SSSR count). The van der Waals surface area contributed by atoms with E-state index in [1.54, 1.807) is 6.08 Å². The van der Waals surface area contributed by atoms with Crippen molar-refractivity contribution in [3.63, 3.8) is 0 Å². The van der Waals surface area contributed by atoms with Crippen LogP contribution in [0.15, 0.2) is 28.7 Å². The fourth-order valence-corrected chi connectivity index (χ4v) is 3.39. The molecule has 1 aromatic carbocycles. The van der Waals surface area contributed by atoms with Crippen LogP contribution in [0.25, 0.3) is 6.08 Å². The van der Waals surface area contributed by atoms with Crippen molar-refractivity contribution >= 4 is 33.7 Å². The second-order valence-corrected chi connectivity index (χ2v) is 6.13. The summed E-state index contributed by atoms with van der Waals surface area (Å²) in [4.78, 5) is 12.9. The first kappa shape index (κ1) is 15.1. The maximum atomic E-state index is 10.5. The van der Waals surface area contributed by atoms with E-state index in [4.69, 9.17) is 5.11 Å². The zero-order valence-electron chi connectivity index (χ0n) is 11.7. The molecule has 1 aliphatic rings. The fourth-order valence-electron chi connectivity index (χ4n) is 2.75. The highest BCUT2D eigenvalue weighted by atomic mass is 79.9. The molecule has 0 bridgehead atoms. The summed E-state index contributed by atoms with van der Waals surface area (Å²) in [6.45, 7) is 4.46. The highest BCUT2D eigenvalue weighted by Crippen LogP contribution is 2.32. The van der Waals surface area contributed by atoms with Gasteiger partial charge in [-0.05, 0) is 58.5 Å². The van der Waals surface area contributed by atoms with Crippen LogP contribution in [0, 0.1) is 5.92 Å². The molecule has 0 spiro atoms. The Morgan fingerprint density at radius 3 is 3.00 bits per heavy atom. The Balaban J connectivity index is 2.08. The zero-order valence-corrected chi connectivity index (χ0v) is 13.3. The molecule has 1 N–H and O–H groups in total. The SMILES string of the molecule is CCCC1CCN(c2ccc(/C=C/C(=O)O)cc2Br)C1. The second kappa shape index (κ2) is 6.93. The number of carboxylic acids is 1. The highest BCUT2D eigenvalue weighted by Gasteiger charge is 2.23. The van der Waals surface area contributed by atoms with Crippen molar-refractivity contribution in [2.75, 3.05) is 18.0 Å². The van der Waals surface area contributed by atoms with Gasteiger partial charge in [-0.15, -0.1) is 0 Å². The van der Waals surface area contributed by atoms with Gasteiger partial charge in [0.15, 0.2) is 0 Å². The van der Waals surface area contributed by atoms with Crippen LogP contribution in [-0.4, -0.2) is 24.2 Å². The number of carboxylic acid groups (broad SMARTS) is 1. The van der Waals surface area contributed by atoms with Crippen LogP contribution in [0.3, 0.4) is 0 Å². The average molecular weight is 338 g/mol. The van der Waals surface area contributed by atoms with Crippen molar-refractivity contribution in [3.05, 3.63) is 34.3 Å². The molecule has 1 atom stereocenters. The topological polar surface area (TPSA) is 40.5 Å². The molecule has 4 heteroatoms. The molecule has 0 amide bonds. The quantitative estimate of drug-likeness (QED) is 0.819. The number of carbonyl (C=O) groups is 1. The molecular weight excluding hydrogens is 318 g/mol. The molecule has 0 aliphatic carbocycles. The van der Waals surface area contributed by atoms with Crippen LogP contribution in [-0.2, 0) is 4.79 Å². The molecule has 0 radical (unpaired) electrons. The lowest BCUT2D eigenvalue weighted by atomic mass is 10.0. The molecular formula is C16H20BrNO2. The van der Waals surface area contributed by atoms with E-state index in [9.17, 15) is 4.79 Å². The van der Waals surface area contributed by atoms with Gasteiger partial charge in [-0.2, -0.15) is 0 Å². The Hall–Kier alpha value is -1.29. The number of anilines is 1. The Bertz CT molecular complexity index is 513. The van der Waals surface area contributed by atoms with Crippen LogP contribution in [0.4, 0.5) is 5.69 Å². The molecule has 20 heavy (non-hydrogen) atoms. The maximum Gasteiger partial charge on any atom is 0.328 e. The number of hydrogen-bond donors (Lipinski definition) is 1. The fraction of sp³-hybridized carbons (Fsp3) is 0.438. The lowest BCUT2D eigenvalue weighted by molar-refractivity contribution is -0.131.